The summed E-state index contributed by atoms with van der Waals surface area (Å²) < 4.78 is 33.5. The zero-order valence-corrected chi connectivity index (χ0v) is 26.8. The molecule has 5 heteroatoms. The van der Waals surface area contributed by atoms with E-state index in [4.69, 9.17) is 4.74 Å². The third-order valence-corrected chi connectivity index (χ3v) is 7.89. The van der Waals surface area contributed by atoms with Crippen LogP contribution in [0.3, 0.4) is 0 Å². The number of nitrogens with one attached hydrogen (secondary N) is 1. The van der Waals surface area contributed by atoms with Crippen LogP contribution in [0.5, 0.6) is 5.75 Å². The molecular formula is C38H50F2N2O. The highest BCUT2D eigenvalue weighted by Crippen LogP contribution is 2.26. The fourth-order valence-corrected chi connectivity index (χ4v) is 5.85. The van der Waals surface area contributed by atoms with Gasteiger partial charge in [0.05, 0.1) is 7.11 Å². The van der Waals surface area contributed by atoms with E-state index in [2.05, 4.69) is 81.4 Å². The van der Waals surface area contributed by atoms with Crippen molar-refractivity contribution in [3.05, 3.63) is 113 Å². The molecule has 0 spiro atoms. The number of ether oxygens (including phenoxy) is 1. The molecule has 0 fully saturated rings. The first kappa shape index (κ1) is 33.9. The fourth-order valence-electron chi connectivity index (χ4n) is 5.85. The van der Waals surface area contributed by atoms with Gasteiger partial charge in [-0.3, -0.25) is 0 Å². The van der Waals surface area contributed by atoms with Crippen molar-refractivity contribution in [3.63, 3.8) is 0 Å². The molecule has 0 amide bonds. The summed E-state index contributed by atoms with van der Waals surface area (Å²) in [6, 6.07) is 18.4. The smallest absolute Gasteiger partial charge is 0.126 e. The van der Waals surface area contributed by atoms with E-state index in [1.165, 1.54) is 17.7 Å². The quantitative estimate of drug-likeness (QED) is 0.160. The van der Waals surface area contributed by atoms with Crippen LogP contribution in [0.25, 0.3) is 11.4 Å². The molecule has 3 aromatic rings. The molecule has 3 nitrogen and oxygen atoms in total. The van der Waals surface area contributed by atoms with Crippen molar-refractivity contribution in [2.75, 3.05) is 20.2 Å². The number of halogens is 2. The summed E-state index contributed by atoms with van der Waals surface area (Å²) >= 11 is 0. The maximum Gasteiger partial charge on any atom is 0.126 e. The van der Waals surface area contributed by atoms with Gasteiger partial charge in [-0.1, -0.05) is 52.5 Å². The van der Waals surface area contributed by atoms with Crippen LogP contribution in [0.15, 0.2) is 73.8 Å². The largest absolute Gasteiger partial charge is 0.497 e. The van der Waals surface area contributed by atoms with Crippen molar-refractivity contribution in [2.45, 2.75) is 78.7 Å². The molecule has 0 aromatic heterocycles. The van der Waals surface area contributed by atoms with E-state index in [1.54, 1.807) is 7.11 Å². The SMILES string of the molecule is C=C(NC(Cc1cc(F)cc(F)c1)CC(C)CCCc1cccc(OC)c1)c1cc(C)cc(C(=C)N(CCC)CCC)c1. The maximum atomic E-state index is 14.1. The molecule has 3 aromatic carbocycles. The maximum absolute atomic E-state index is 14.1. The molecule has 2 atom stereocenters. The molecule has 0 aliphatic rings. The average Bonchev–Trinajstić information content (AvgIpc) is 2.95. The molecule has 43 heavy (non-hydrogen) atoms. The Morgan fingerprint density at radius 1 is 0.907 bits per heavy atom. The van der Waals surface area contributed by atoms with Crippen LogP contribution in [0.2, 0.25) is 0 Å². The lowest BCUT2D eigenvalue weighted by Gasteiger charge is -2.28. The van der Waals surface area contributed by atoms with Crippen LogP contribution in [0.4, 0.5) is 8.78 Å². The number of methoxy groups -OCH3 is 1. The Morgan fingerprint density at radius 2 is 1.58 bits per heavy atom. The van der Waals surface area contributed by atoms with Gasteiger partial charge in [-0.25, -0.2) is 8.78 Å². The zero-order valence-electron chi connectivity index (χ0n) is 26.8. The van der Waals surface area contributed by atoms with E-state index in [9.17, 15) is 8.78 Å². The summed E-state index contributed by atoms with van der Waals surface area (Å²) in [7, 11) is 1.69. The molecule has 232 valence electrons. The Labute approximate surface area is 258 Å². The van der Waals surface area contributed by atoms with Gasteiger partial charge in [0.25, 0.3) is 0 Å². The van der Waals surface area contributed by atoms with Crippen LogP contribution in [0.1, 0.15) is 80.7 Å². The molecule has 0 aliphatic carbocycles. The second-order valence-electron chi connectivity index (χ2n) is 11.9. The lowest BCUT2D eigenvalue weighted by molar-refractivity contribution is 0.397. The fraction of sp³-hybridized carbons (Fsp3) is 0.421. The van der Waals surface area contributed by atoms with E-state index < -0.39 is 11.6 Å². The van der Waals surface area contributed by atoms with Gasteiger partial charge in [0.2, 0.25) is 0 Å². The minimum absolute atomic E-state index is 0.0376. The van der Waals surface area contributed by atoms with Crippen LogP contribution >= 0.6 is 0 Å². The van der Waals surface area contributed by atoms with Gasteiger partial charge in [0.15, 0.2) is 0 Å². The van der Waals surface area contributed by atoms with Crippen LogP contribution in [-0.4, -0.2) is 31.1 Å². The van der Waals surface area contributed by atoms with Gasteiger partial charge in [0, 0.05) is 36.6 Å². The van der Waals surface area contributed by atoms with E-state index >= 15 is 0 Å². The Hall–Kier alpha value is -3.60. The summed E-state index contributed by atoms with van der Waals surface area (Å²) in [4.78, 5) is 2.35. The van der Waals surface area contributed by atoms with Crippen LogP contribution < -0.4 is 10.1 Å². The number of nitrogens with zero attached hydrogens (tertiary/aromatic N) is 1. The Kier molecular flexibility index (Phi) is 13.3. The first-order valence-corrected chi connectivity index (χ1v) is 15.7. The summed E-state index contributed by atoms with van der Waals surface area (Å²) in [5.74, 6) is 0.176. The predicted octanol–water partition coefficient (Wildman–Crippen LogP) is 9.60. The lowest BCUT2D eigenvalue weighted by atomic mass is 9.91. The molecule has 0 saturated heterocycles. The number of hydrogen-bond acceptors (Lipinski definition) is 3. The van der Waals surface area contributed by atoms with Gasteiger partial charge in [-0.2, -0.15) is 0 Å². The van der Waals surface area contributed by atoms with E-state index in [0.29, 0.717) is 17.9 Å². The Bertz CT molecular complexity index is 1330. The topological polar surface area (TPSA) is 24.5 Å². The summed E-state index contributed by atoms with van der Waals surface area (Å²) in [5, 5.41) is 3.65. The van der Waals surface area contributed by atoms with Gasteiger partial charge in [0.1, 0.15) is 17.4 Å². The number of benzene rings is 3. The van der Waals surface area contributed by atoms with E-state index in [1.807, 2.05) is 12.1 Å². The highest BCUT2D eigenvalue weighted by atomic mass is 19.1. The second-order valence-corrected chi connectivity index (χ2v) is 11.9. The first-order valence-electron chi connectivity index (χ1n) is 15.7. The van der Waals surface area contributed by atoms with Crippen molar-refractivity contribution in [1.82, 2.24) is 10.2 Å². The van der Waals surface area contributed by atoms with Crippen LogP contribution in [0, 0.1) is 24.5 Å². The molecule has 1 N–H and O–H groups in total. The molecule has 2 unspecified atom stereocenters. The van der Waals surface area contributed by atoms with Gasteiger partial charge in [-0.15, -0.1) is 0 Å². The minimum Gasteiger partial charge on any atom is -0.497 e. The van der Waals surface area contributed by atoms with Crippen molar-refractivity contribution in [3.8, 4) is 5.75 Å². The van der Waals surface area contributed by atoms with Crippen molar-refractivity contribution < 1.29 is 13.5 Å². The summed E-state index contributed by atoms with van der Waals surface area (Å²) in [5.41, 5.74) is 6.97. The highest BCUT2D eigenvalue weighted by molar-refractivity contribution is 5.70. The molecule has 3 rings (SSSR count). The third kappa shape index (κ3) is 10.9. The van der Waals surface area contributed by atoms with Gasteiger partial charge >= 0.3 is 0 Å². The van der Waals surface area contributed by atoms with Crippen molar-refractivity contribution in [2.24, 2.45) is 5.92 Å². The van der Waals surface area contributed by atoms with Gasteiger partial charge in [-0.05, 0) is 122 Å². The molecule has 0 bridgehead atoms. The second kappa shape index (κ2) is 16.9. The molecular weight excluding hydrogens is 538 g/mol. The summed E-state index contributed by atoms with van der Waals surface area (Å²) in [6.07, 6.45) is 6.54. The first-order chi connectivity index (χ1) is 20.6. The van der Waals surface area contributed by atoms with Gasteiger partial charge < -0.3 is 15.0 Å². The zero-order chi connectivity index (χ0) is 31.4. The lowest BCUT2D eigenvalue weighted by Crippen LogP contribution is -2.31. The standard InChI is InChI=1S/C38H50F2N2O/c1-8-16-42(17-9-2)30(6)34-19-28(4)18-33(25-34)29(5)41-37(23-32-21-35(39)26-36(40)22-32)20-27(3)12-10-13-31-14-11-15-38(24-31)43-7/h11,14-15,18-19,21-22,24-27,37,41H,5-6,8-10,12-13,16-17,20,23H2,1-4,7H3. The molecule has 0 heterocycles. The van der Waals surface area contributed by atoms with E-state index in [0.717, 1.165) is 91.5 Å². The highest BCUT2D eigenvalue weighted by Gasteiger charge is 2.18. The molecule has 0 aliphatic heterocycles. The Balaban J connectivity index is 1.75. The third-order valence-electron chi connectivity index (χ3n) is 7.89. The number of aryl methyl sites for hydroxylation is 2. The van der Waals surface area contributed by atoms with E-state index in [-0.39, 0.29) is 6.04 Å². The van der Waals surface area contributed by atoms with Crippen molar-refractivity contribution >= 4 is 11.4 Å². The monoisotopic (exact) mass is 588 g/mol. The normalized spacial score (nSPS) is 12.4. The Morgan fingerprint density at radius 3 is 2.23 bits per heavy atom. The van der Waals surface area contributed by atoms with Crippen molar-refractivity contribution in [1.29, 1.82) is 0 Å². The summed E-state index contributed by atoms with van der Waals surface area (Å²) in [6.45, 7) is 19.5. The molecule has 0 saturated carbocycles. The number of hydrogen-bond donors (Lipinski definition) is 1. The minimum atomic E-state index is -0.551. The number of rotatable bonds is 18. The van der Waals surface area contributed by atoms with Crippen LogP contribution in [-0.2, 0) is 12.8 Å². The molecule has 0 radical (unpaired) electrons. The predicted molar refractivity (Wildman–Crippen MR) is 178 cm³/mol. The average molecular weight is 589 g/mol.